The van der Waals surface area contributed by atoms with Gasteiger partial charge in [-0.15, -0.1) is 0 Å². The number of amides is 2. The number of nitrogens with two attached hydrogens (primary N) is 1. The third-order valence-corrected chi connectivity index (χ3v) is 7.03. The molecule has 3 aromatic rings. The van der Waals surface area contributed by atoms with E-state index in [0.29, 0.717) is 42.9 Å². The fourth-order valence-corrected chi connectivity index (χ4v) is 4.94. The predicted octanol–water partition coefficient (Wildman–Crippen LogP) is 5.64. The molecule has 43 heavy (non-hydrogen) atoms. The maximum atomic E-state index is 14.7. The third kappa shape index (κ3) is 9.46. The van der Waals surface area contributed by atoms with Gasteiger partial charge in [0.1, 0.15) is 24.1 Å². The molecule has 0 spiro atoms. The monoisotopic (exact) mass is 586 g/mol. The standard InChI is InChI=1S/C35H42N2O6/c1-5-21-43-30-23-29(42-22-13-12-18-31(36)38)20-19-28(30)24-37(33(25(2)3)35(40)41-4)34(39)32(26-14-8-6-9-15-26)27-16-10-7-11-17-27/h5-11,14-17,19-20,23,25,32-33H,1,12-13,18,21-22,24H2,2-4H3,(H2,36,38)/t33-/m0/s1. The average Bonchev–Trinajstić information content (AvgIpc) is 3.01. The second-order valence-corrected chi connectivity index (χ2v) is 10.6. The summed E-state index contributed by atoms with van der Waals surface area (Å²) in [6.45, 7) is 8.29. The number of ether oxygens (including phenoxy) is 3. The van der Waals surface area contributed by atoms with E-state index in [-0.39, 0.29) is 30.9 Å². The second-order valence-electron chi connectivity index (χ2n) is 10.6. The van der Waals surface area contributed by atoms with Crippen molar-refractivity contribution in [2.75, 3.05) is 20.3 Å². The minimum atomic E-state index is -0.846. The van der Waals surface area contributed by atoms with E-state index in [9.17, 15) is 14.4 Å². The maximum Gasteiger partial charge on any atom is 0.328 e. The number of carbonyl (C=O) groups is 3. The summed E-state index contributed by atoms with van der Waals surface area (Å²) in [4.78, 5) is 40.5. The molecule has 8 nitrogen and oxygen atoms in total. The van der Waals surface area contributed by atoms with E-state index in [1.165, 1.54) is 7.11 Å². The molecule has 1 atom stereocenters. The lowest BCUT2D eigenvalue weighted by molar-refractivity contribution is -0.155. The molecule has 2 N–H and O–H groups in total. The Morgan fingerprint density at radius 1 is 0.907 bits per heavy atom. The molecule has 228 valence electrons. The van der Waals surface area contributed by atoms with Crippen LogP contribution in [0.5, 0.6) is 11.5 Å². The molecule has 8 heteroatoms. The van der Waals surface area contributed by atoms with E-state index in [2.05, 4.69) is 6.58 Å². The summed E-state index contributed by atoms with van der Waals surface area (Å²) < 4.78 is 17.1. The highest BCUT2D eigenvalue weighted by molar-refractivity contribution is 5.91. The highest BCUT2D eigenvalue weighted by Crippen LogP contribution is 2.33. The molecular formula is C35H42N2O6. The van der Waals surface area contributed by atoms with Crippen molar-refractivity contribution in [1.29, 1.82) is 0 Å². The van der Waals surface area contributed by atoms with Crippen LogP contribution in [0.3, 0.4) is 0 Å². The number of carbonyl (C=O) groups excluding carboxylic acids is 3. The van der Waals surface area contributed by atoms with Crippen LogP contribution in [0, 0.1) is 5.92 Å². The van der Waals surface area contributed by atoms with Gasteiger partial charge in [-0.05, 0) is 42.0 Å². The number of hydrogen-bond acceptors (Lipinski definition) is 6. The third-order valence-electron chi connectivity index (χ3n) is 7.03. The highest BCUT2D eigenvalue weighted by Gasteiger charge is 2.38. The van der Waals surface area contributed by atoms with Gasteiger partial charge in [-0.25, -0.2) is 4.79 Å². The van der Waals surface area contributed by atoms with E-state index in [1.54, 1.807) is 23.1 Å². The molecule has 0 aromatic heterocycles. The molecule has 0 unspecified atom stereocenters. The quantitative estimate of drug-likeness (QED) is 0.125. The van der Waals surface area contributed by atoms with Crippen molar-refractivity contribution in [2.24, 2.45) is 11.7 Å². The summed E-state index contributed by atoms with van der Waals surface area (Å²) in [7, 11) is 1.33. The normalized spacial score (nSPS) is 11.6. The van der Waals surface area contributed by atoms with Gasteiger partial charge in [0, 0.05) is 18.1 Å². The van der Waals surface area contributed by atoms with E-state index >= 15 is 0 Å². The highest BCUT2D eigenvalue weighted by atomic mass is 16.5. The first-order valence-electron chi connectivity index (χ1n) is 14.5. The van der Waals surface area contributed by atoms with Gasteiger partial charge in [0.25, 0.3) is 0 Å². The van der Waals surface area contributed by atoms with Crippen molar-refractivity contribution in [3.63, 3.8) is 0 Å². The van der Waals surface area contributed by atoms with Crippen molar-refractivity contribution in [2.45, 2.75) is 51.6 Å². The van der Waals surface area contributed by atoms with Crippen molar-refractivity contribution in [3.8, 4) is 11.5 Å². The van der Waals surface area contributed by atoms with Crippen LogP contribution in [0.2, 0.25) is 0 Å². The van der Waals surface area contributed by atoms with E-state index in [1.807, 2.05) is 80.6 Å². The largest absolute Gasteiger partial charge is 0.493 e. The Labute approximate surface area is 254 Å². The van der Waals surface area contributed by atoms with Gasteiger partial charge in [-0.2, -0.15) is 0 Å². The van der Waals surface area contributed by atoms with Crippen LogP contribution < -0.4 is 15.2 Å². The van der Waals surface area contributed by atoms with Crippen molar-refractivity contribution >= 4 is 17.8 Å². The lowest BCUT2D eigenvalue weighted by Crippen LogP contribution is -2.50. The molecule has 0 aliphatic rings. The molecule has 0 saturated carbocycles. The number of nitrogens with zero attached hydrogens (tertiary/aromatic N) is 1. The molecule has 0 fully saturated rings. The zero-order chi connectivity index (χ0) is 31.2. The number of hydrogen-bond donors (Lipinski definition) is 1. The molecule has 3 rings (SSSR count). The van der Waals surface area contributed by atoms with E-state index in [4.69, 9.17) is 19.9 Å². The lowest BCUT2D eigenvalue weighted by Gasteiger charge is -2.35. The molecule has 0 bridgehead atoms. The minimum absolute atomic E-state index is 0.0956. The second kappa shape index (κ2) is 16.8. The van der Waals surface area contributed by atoms with E-state index in [0.717, 1.165) is 11.1 Å². The fourth-order valence-electron chi connectivity index (χ4n) is 4.94. The van der Waals surface area contributed by atoms with Gasteiger partial charge >= 0.3 is 5.97 Å². The average molecular weight is 587 g/mol. The Morgan fingerprint density at radius 2 is 1.53 bits per heavy atom. The van der Waals surface area contributed by atoms with Crippen molar-refractivity contribution in [1.82, 2.24) is 4.90 Å². The Balaban J connectivity index is 2.02. The van der Waals surface area contributed by atoms with Crippen LogP contribution in [-0.2, 0) is 25.7 Å². The number of benzene rings is 3. The zero-order valence-corrected chi connectivity index (χ0v) is 25.2. The molecule has 0 heterocycles. The Bertz CT molecular complexity index is 1300. The zero-order valence-electron chi connectivity index (χ0n) is 25.2. The molecular weight excluding hydrogens is 544 g/mol. The number of unbranched alkanes of at least 4 members (excludes halogenated alkanes) is 1. The molecule has 2 amide bonds. The first-order chi connectivity index (χ1) is 20.8. The Kier molecular flexibility index (Phi) is 12.8. The summed E-state index contributed by atoms with van der Waals surface area (Å²) in [6, 6.07) is 23.7. The smallest absolute Gasteiger partial charge is 0.328 e. The predicted molar refractivity (Wildman–Crippen MR) is 167 cm³/mol. The number of primary amides is 1. The molecule has 0 aliphatic heterocycles. The topological polar surface area (TPSA) is 108 Å². The Hall–Kier alpha value is -4.59. The maximum absolute atomic E-state index is 14.7. The van der Waals surface area contributed by atoms with Crippen LogP contribution in [0.25, 0.3) is 0 Å². The van der Waals surface area contributed by atoms with Gasteiger partial charge in [0.15, 0.2) is 0 Å². The first kappa shape index (κ1) is 32.9. The number of methoxy groups -OCH3 is 1. The van der Waals surface area contributed by atoms with Crippen LogP contribution >= 0.6 is 0 Å². The first-order valence-corrected chi connectivity index (χ1v) is 14.5. The Morgan fingerprint density at radius 3 is 2.07 bits per heavy atom. The SMILES string of the molecule is C=CCOc1cc(OCCCCC(N)=O)ccc1CN(C(=O)C(c1ccccc1)c1ccccc1)[C@H](C(=O)OC)C(C)C. The summed E-state index contributed by atoms with van der Waals surface area (Å²) in [5.74, 6) is -0.844. The van der Waals surface area contributed by atoms with Crippen LogP contribution in [-0.4, -0.2) is 49.0 Å². The summed E-state index contributed by atoms with van der Waals surface area (Å²) in [6.07, 6.45) is 3.25. The van der Waals surface area contributed by atoms with Crippen LogP contribution in [0.15, 0.2) is 91.5 Å². The number of rotatable bonds is 17. The fraction of sp³-hybridized carbons (Fsp3) is 0.343. The molecule has 0 radical (unpaired) electrons. The summed E-state index contributed by atoms with van der Waals surface area (Å²) in [5, 5.41) is 0. The van der Waals surface area contributed by atoms with Crippen LogP contribution in [0.1, 0.15) is 55.7 Å². The van der Waals surface area contributed by atoms with Gasteiger partial charge in [0.2, 0.25) is 11.8 Å². The molecule has 0 aliphatic carbocycles. The summed E-state index contributed by atoms with van der Waals surface area (Å²) >= 11 is 0. The van der Waals surface area contributed by atoms with E-state index < -0.39 is 17.9 Å². The van der Waals surface area contributed by atoms with Gasteiger partial charge < -0.3 is 24.8 Å². The van der Waals surface area contributed by atoms with Crippen molar-refractivity contribution < 1.29 is 28.6 Å². The van der Waals surface area contributed by atoms with Gasteiger partial charge in [-0.1, -0.05) is 87.2 Å². The summed E-state index contributed by atoms with van der Waals surface area (Å²) in [5.41, 5.74) is 7.56. The van der Waals surface area contributed by atoms with Crippen molar-refractivity contribution in [3.05, 3.63) is 108 Å². The lowest BCUT2D eigenvalue weighted by atomic mass is 9.88. The molecule has 0 saturated heterocycles. The minimum Gasteiger partial charge on any atom is -0.493 e. The molecule has 3 aromatic carbocycles. The van der Waals surface area contributed by atoms with Gasteiger partial charge in [-0.3, -0.25) is 9.59 Å². The van der Waals surface area contributed by atoms with Crippen LogP contribution in [0.4, 0.5) is 0 Å². The number of esters is 1. The van der Waals surface area contributed by atoms with Gasteiger partial charge in [0.05, 0.1) is 26.2 Å².